The molecule has 7 nitrogen and oxygen atoms in total. The summed E-state index contributed by atoms with van der Waals surface area (Å²) in [7, 11) is 0. The molecule has 0 spiro atoms. The molecule has 0 radical (unpaired) electrons. The lowest BCUT2D eigenvalue weighted by Gasteiger charge is -2.25. The largest absolute Gasteiger partial charge is 0.507 e. The van der Waals surface area contributed by atoms with Crippen molar-refractivity contribution >= 4 is 33.9 Å². The Morgan fingerprint density at radius 3 is 2.55 bits per heavy atom. The van der Waals surface area contributed by atoms with Crippen LogP contribution in [0.15, 0.2) is 16.6 Å². The van der Waals surface area contributed by atoms with E-state index in [1.807, 2.05) is 26.8 Å². The molecule has 0 aliphatic carbocycles. The van der Waals surface area contributed by atoms with Crippen molar-refractivity contribution in [3.63, 3.8) is 0 Å². The Kier molecular flexibility index (Phi) is 8.77. The molecule has 2 aliphatic rings. The highest BCUT2D eigenvalue weighted by Crippen LogP contribution is 2.30. The van der Waals surface area contributed by atoms with Gasteiger partial charge in [-0.05, 0) is 65.0 Å². The molecule has 1 unspecified atom stereocenters. The third-order valence-corrected chi connectivity index (χ3v) is 4.98. The number of halogens is 1. The smallest absolute Gasteiger partial charge is 0.410 e. The molecule has 8 heteroatoms. The van der Waals surface area contributed by atoms with E-state index in [2.05, 4.69) is 21.2 Å². The van der Waals surface area contributed by atoms with Crippen molar-refractivity contribution < 1.29 is 19.4 Å². The number of phenols is 1. The number of likely N-dealkylation sites (tertiary alicyclic amines) is 1. The van der Waals surface area contributed by atoms with Crippen LogP contribution in [0.2, 0.25) is 0 Å². The van der Waals surface area contributed by atoms with Crippen molar-refractivity contribution in [2.45, 2.75) is 64.7 Å². The molecule has 0 saturated carbocycles. The maximum absolute atomic E-state index is 11.4. The minimum atomic E-state index is -0.361. The Balaban J connectivity index is 0.000000221. The molecule has 3 N–H and O–H groups in total. The molecule has 2 saturated heterocycles. The average Bonchev–Trinajstić information content (AvgIpc) is 3.16. The van der Waals surface area contributed by atoms with Gasteiger partial charge in [0.15, 0.2) is 0 Å². The van der Waals surface area contributed by atoms with Gasteiger partial charge < -0.3 is 30.2 Å². The first-order valence-electron chi connectivity index (χ1n) is 10.1. The zero-order valence-electron chi connectivity index (χ0n) is 17.5. The summed E-state index contributed by atoms with van der Waals surface area (Å²) in [4.78, 5) is 13.1. The minimum Gasteiger partial charge on any atom is -0.507 e. The quantitative estimate of drug-likeness (QED) is 0.534. The Hall–Kier alpha value is -1.80. The highest BCUT2D eigenvalue weighted by atomic mass is 79.9. The second kappa shape index (κ2) is 10.8. The number of carbonyl (C=O) groups is 1. The van der Waals surface area contributed by atoms with E-state index >= 15 is 0 Å². The number of nitrogens with one attached hydrogen (secondary N) is 2. The van der Waals surface area contributed by atoms with Crippen molar-refractivity contribution in [2.24, 2.45) is 0 Å². The van der Waals surface area contributed by atoms with E-state index in [4.69, 9.17) is 14.9 Å². The molecule has 0 bridgehead atoms. The number of rotatable bonds is 3. The van der Waals surface area contributed by atoms with Crippen LogP contribution >= 0.6 is 15.9 Å². The van der Waals surface area contributed by atoms with Crippen molar-refractivity contribution in [1.29, 1.82) is 5.41 Å². The minimum absolute atomic E-state index is 0.0313. The Morgan fingerprint density at radius 1 is 1.31 bits per heavy atom. The van der Waals surface area contributed by atoms with Crippen molar-refractivity contribution in [3.8, 4) is 5.75 Å². The SMILES string of the molecule is CC(C)(C)OC(=O)N1CCCC1.N=Cc1c(O)cc(Br)cc1NC1CCCCO1. The monoisotopic (exact) mass is 469 g/mol. The van der Waals surface area contributed by atoms with Crippen LogP contribution in [0, 0.1) is 5.41 Å². The maximum atomic E-state index is 11.4. The molecule has 2 fully saturated rings. The van der Waals surface area contributed by atoms with Gasteiger partial charge in [-0.3, -0.25) is 0 Å². The third-order valence-electron chi connectivity index (χ3n) is 4.52. The van der Waals surface area contributed by atoms with Gasteiger partial charge in [-0.2, -0.15) is 0 Å². The molecular weight excluding hydrogens is 438 g/mol. The summed E-state index contributed by atoms with van der Waals surface area (Å²) in [5.74, 6) is 0.0904. The van der Waals surface area contributed by atoms with Crippen molar-refractivity contribution in [2.75, 3.05) is 25.0 Å². The number of anilines is 1. The van der Waals surface area contributed by atoms with Crippen LogP contribution in [0.1, 0.15) is 58.4 Å². The topological polar surface area (TPSA) is 94.9 Å². The summed E-state index contributed by atoms with van der Waals surface area (Å²) in [5, 5.41) is 20.3. The number of aromatic hydroxyl groups is 1. The molecule has 162 valence electrons. The molecule has 29 heavy (non-hydrogen) atoms. The molecular formula is C21H32BrN3O4. The second-order valence-electron chi connectivity index (χ2n) is 8.20. The number of carbonyl (C=O) groups excluding carboxylic acids is 1. The molecule has 1 aromatic carbocycles. The molecule has 3 rings (SSSR count). The van der Waals surface area contributed by atoms with Crippen molar-refractivity contribution in [3.05, 3.63) is 22.2 Å². The number of benzene rings is 1. The van der Waals surface area contributed by atoms with Crippen LogP contribution in [0.5, 0.6) is 5.75 Å². The standard InChI is InChI=1S/C12H15BrN2O2.C9H17NO2/c13-8-5-10(9(7-14)11(16)6-8)15-12-3-1-2-4-17-12;1-9(2,3)12-8(11)10-6-4-5-7-10/h5-7,12,14-16H,1-4H2;4-7H2,1-3H3. The van der Waals surface area contributed by atoms with E-state index in [9.17, 15) is 9.90 Å². The van der Waals surface area contributed by atoms with Gasteiger partial charge in [0.05, 0.1) is 5.56 Å². The molecule has 0 aromatic heterocycles. The van der Waals surface area contributed by atoms with Gasteiger partial charge in [0.1, 0.15) is 17.6 Å². The number of ether oxygens (including phenoxy) is 2. The predicted molar refractivity (Wildman–Crippen MR) is 118 cm³/mol. The van der Waals surface area contributed by atoms with Gasteiger partial charge in [-0.1, -0.05) is 15.9 Å². The Morgan fingerprint density at radius 2 is 2.00 bits per heavy atom. The fraction of sp³-hybridized carbons (Fsp3) is 0.619. The molecule has 1 amide bonds. The van der Waals surface area contributed by atoms with E-state index in [1.54, 1.807) is 11.0 Å². The fourth-order valence-corrected chi connectivity index (χ4v) is 3.57. The highest BCUT2D eigenvalue weighted by Gasteiger charge is 2.24. The van der Waals surface area contributed by atoms with Gasteiger partial charge in [0.2, 0.25) is 0 Å². The van der Waals surface area contributed by atoms with Crippen LogP contribution in [0.3, 0.4) is 0 Å². The van der Waals surface area contributed by atoms with E-state index < -0.39 is 0 Å². The summed E-state index contributed by atoms with van der Waals surface area (Å²) in [6, 6.07) is 3.42. The van der Waals surface area contributed by atoms with Gasteiger partial charge in [0.25, 0.3) is 0 Å². The number of amides is 1. The van der Waals surface area contributed by atoms with Gasteiger partial charge in [-0.15, -0.1) is 0 Å². The number of hydrogen-bond donors (Lipinski definition) is 3. The zero-order chi connectivity index (χ0) is 21.4. The Labute approximate surface area is 181 Å². The van der Waals surface area contributed by atoms with E-state index in [0.717, 1.165) is 68.2 Å². The number of hydrogen-bond acceptors (Lipinski definition) is 6. The maximum Gasteiger partial charge on any atom is 0.410 e. The van der Waals surface area contributed by atoms with E-state index in [1.165, 1.54) is 0 Å². The number of nitrogens with zero attached hydrogens (tertiary/aromatic N) is 1. The summed E-state index contributed by atoms with van der Waals surface area (Å²) < 4.78 is 11.6. The van der Waals surface area contributed by atoms with Crippen molar-refractivity contribution in [1.82, 2.24) is 4.90 Å². The molecule has 2 aliphatic heterocycles. The first-order chi connectivity index (χ1) is 13.7. The number of phenolic OH excluding ortho intramolecular Hbond substituents is 1. The summed E-state index contributed by atoms with van der Waals surface area (Å²) in [5.41, 5.74) is 0.848. The highest BCUT2D eigenvalue weighted by molar-refractivity contribution is 9.10. The second-order valence-corrected chi connectivity index (χ2v) is 9.12. The van der Waals surface area contributed by atoms with Gasteiger partial charge >= 0.3 is 6.09 Å². The average molecular weight is 470 g/mol. The lowest BCUT2D eigenvalue weighted by molar-refractivity contribution is 0.0294. The van der Waals surface area contributed by atoms with E-state index in [-0.39, 0.29) is 23.7 Å². The summed E-state index contributed by atoms with van der Waals surface area (Å²) in [6.07, 6.45) is 6.35. The first kappa shape index (κ1) is 23.5. The fourth-order valence-electron chi connectivity index (χ4n) is 3.13. The van der Waals surface area contributed by atoms with E-state index in [0.29, 0.717) is 5.56 Å². The predicted octanol–water partition coefficient (Wildman–Crippen LogP) is 5.11. The van der Waals surface area contributed by atoms with Crippen LogP contribution in [0.4, 0.5) is 10.5 Å². The molecule has 1 aromatic rings. The molecule has 1 atom stereocenters. The van der Waals surface area contributed by atoms with Crippen LogP contribution in [-0.4, -0.2) is 53.8 Å². The lowest BCUT2D eigenvalue weighted by atomic mass is 10.1. The van der Waals surface area contributed by atoms with Gasteiger partial charge in [0, 0.05) is 36.1 Å². The summed E-state index contributed by atoms with van der Waals surface area (Å²) in [6.45, 7) is 8.14. The first-order valence-corrected chi connectivity index (χ1v) is 10.9. The third kappa shape index (κ3) is 7.85. The lowest BCUT2D eigenvalue weighted by Crippen LogP contribution is -2.34. The van der Waals surface area contributed by atoms with Crippen LogP contribution in [-0.2, 0) is 9.47 Å². The molecule has 2 heterocycles. The summed E-state index contributed by atoms with van der Waals surface area (Å²) >= 11 is 3.33. The Bertz CT molecular complexity index is 694. The van der Waals surface area contributed by atoms with Gasteiger partial charge in [-0.25, -0.2) is 4.79 Å². The van der Waals surface area contributed by atoms with Crippen LogP contribution < -0.4 is 5.32 Å². The normalized spacial score (nSPS) is 19.2. The van der Waals surface area contributed by atoms with Crippen LogP contribution in [0.25, 0.3) is 0 Å². The zero-order valence-corrected chi connectivity index (χ0v) is 19.0.